The van der Waals surface area contributed by atoms with Gasteiger partial charge in [-0.15, -0.1) is 5.10 Å². The molecule has 0 spiro atoms. The lowest BCUT2D eigenvalue weighted by atomic mass is 9.98. The number of rotatable bonds is 11. The molecule has 0 aliphatic heterocycles. The van der Waals surface area contributed by atoms with Crippen LogP contribution in [-0.4, -0.2) is 35.2 Å². The number of benzene rings is 1. The minimum Gasteiger partial charge on any atom is -0.384 e. The molecule has 0 amide bonds. The number of hydrazine groups is 1. The van der Waals surface area contributed by atoms with Gasteiger partial charge in [0.05, 0.1) is 16.1 Å². The second-order valence-electron chi connectivity index (χ2n) is 5.91. The van der Waals surface area contributed by atoms with Gasteiger partial charge in [-0.1, -0.05) is 6.07 Å². The highest BCUT2D eigenvalue weighted by molar-refractivity contribution is 7.96. The van der Waals surface area contributed by atoms with Gasteiger partial charge in [-0.05, 0) is 36.7 Å². The number of nitrogens with two attached hydrogens (primary N) is 5. The molecule has 164 valence electrons. The van der Waals surface area contributed by atoms with Crippen molar-refractivity contribution in [1.82, 2.24) is 15.2 Å². The van der Waals surface area contributed by atoms with E-state index in [4.69, 9.17) is 33.2 Å². The van der Waals surface area contributed by atoms with Gasteiger partial charge in [-0.2, -0.15) is 0 Å². The molecule has 0 saturated carbocycles. The molecule has 2 aromatic rings. The van der Waals surface area contributed by atoms with Crippen LogP contribution < -0.4 is 43.5 Å². The average Bonchev–Trinajstić information content (AvgIpc) is 2.73. The van der Waals surface area contributed by atoms with E-state index in [-0.39, 0.29) is 5.84 Å². The molecule has 2 rings (SSSR count). The molecule has 0 fully saturated rings. The molecule has 30 heavy (non-hydrogen) atoms. The fourth-order valence-corrected chi connectivity index (χ4v) is 4.21. The van der Waals surface area contributed by atoms with Crippen LogP contribution in [0.25, 0.3) is 11.1 Å². The minimum absolute atomic E-state index is 0.0598. The van der Waals surface area contributed by atoms with Gasteiger partial charge in [0, 0.05) is 25.4 Å². The zero-order valence-electron chi connectivity index (χ0n) is 16.4. The number of amidine groups is 1. The normalized spacial score (nSPS) is 12.6. The van der Waals surface area contributed by atoms with E-state index in [1.807, 2.05) is 0 Å². The van der Waals surface area contributed by atoms with Gasteiger partial charge >= 0.3 is 0 Å². The Kier molecular flexibility index (Phi) is 9.25. The molecule has 14 heteroatoms. The van der Waals surface area contributed by atoms with E-state index in [2.05, 4.69) is 20.3 Å². The Morgan fingerprint density at radius 2 is 2.13 bits per heavy atom. The van der Waals surface area contributed by atoms with Crippen LogP contribution in [0.4, 0.5) is 11.5 Å². The number of hydrazone groups is 1. The van der Waals surface area contributed by atoms with Crippen molar-refractivity contribution in [1.29, 1.82) is 0 Å². The zero-order chi connectivity index (χ0) is 22.1. The largest absolute Gasteiger partial charge is 0.384 e. The first kappa shape index (κ1) is 23.8. The van der Waals surface area contributed by atoms with E-state index >= 15 is 0 Å². The Balaban J connectivity index is 2.73. The van der Waals surface area contributed by atoms with Gasteiger partial charge in [0.2, 0.25) is 0 Å². The molecule has 12 nitrogen and oxygen atoms in total. The molecule has 12 N–H and O–H groups in total. The molecule has 0 aliphatic carbocycles. The van der Waals surface area contributed by atoms with Gasteiger partial charge in [-0.25, -0.2) is 35.5 Å². The summed E-state index contributed by atoms with van der Waals surface area (Å²) >= 11 is 0.831. The highest BCUT2D eigenvalue weighted by Gasteiger charge is 2.24. The lowest BCUT2D eigenvalue weighted by Crippen LogP contribution is -2.28. The first-order valence-corrected chi connectivity index (χ1v) is 10.6. The number of nitrogens with one attached hydrogen (secondary N) is 2. The molecular formula is C16H26N10O2S2. The third-order valence-electron chi connectivity index (χ3n) is 3.96. The van der Waals surface area contributed by atoms with Crippen LogP contribution in [0.15, 0.2) is 40.5 Å². The van der Waals surface area contributed by atoms with E-state index in [1.165, 1.54) is 0 Å². The maximum absolute atomic E-state index is 13.0. The van der Waals surface area contributed by atoms with E-state index in [0.29, 0.717) is 47.0 Å². The summed E-state index contributed by atoms with van der Waals surface area (Å²) in [4.78, 5) is 4.57. The summed E-state index contributed by atoms with van der Waals surface area (Å²) in [6.45, 7) is 0.948. The molecule has 0 radical (unpaired) electrons. The lowest BCUT2D eigenvalue weighted by Gasteiger charge is -2.24. The van der Waals surface area contributed by atoms with Gasteiger partial charge in [0.15, 0.2) is 5.84 Å². The van der Waals surface area contributed by atoms with Crippen LogP contribution in [0.1, 0.15) is 12.0 Å². The standard InChI is InChI=1S/C16H26N10O2S2/c1-26(29-28-21)15-12(30(27)23-8-2-7-17)5-4-11(14(15)16(19)24-25-20)10-3-6-13(18)22-9-10/h3-6,9,23,25H,2,7-8,17,20-21H2,1H3,(H2,18,22)(H2,19,24). The highest BCUT2D eigenvalue weighted by atomic mass is 32.2. The van der Waals surface area contributed by atoms with E-state index < -0.39 is 11.0 Å². The summed E-state index contributed by atoms with van der Waals surface area (Å²) in [7, 11) is 0.111. The highest BCUT2D eigenvalue weighted by Crippen LogP contribution is 2.37. The van der Waals surface area contributed by atoms with Gasteiger partial charge in [0.1, 0.15) is 29.0 Å². The summed E-state index contributed by atoms with van der Waals surface area (Å²) in [5.41, 5.74) is 21.9. The Labute approximate surface area is 181 Å². The van der Waals surface area contributed by atoms with Gasteiger partial charge < -0.3 is 17.2 Å². The molecule has 1 aromatic heterocycles. The number of anilines is 2. The minimum atomic E-state index is -1.57. The Hall–Kier alpha value is -2.46. The number of nitrogen functional groups attached to an aromatic ring is 1. The maximum Gasteiger partial charge on any atom is 0.154 e. The first-order chi connectivity index (χ1) is 14.4. The summed E-state index contributed by atoms with van der Waals surface area (Å²) in [5.74, 6) is 11.0. The smallest absolute Gasteiger partial charge is 0.154 e. The van der Waals surface area contributed by atoms with E-state index in [1.54, 1.807) is 41.8 Å². The first-order valence-electron chi connectivity index (χ1n) is 8.75. The predicted octanol–water partition coefficient (Wildman–Crippen LogP) is -0.735. The number of pyridine rings is 1. The van der Waals surface area contributed by atoms with Crippen LogP contribution in [0, 0.1) is 0 Å². The van der Waals surface area contributed by atoms with E-state index in [9.17, 15) is 4.21 Å². The van der Waals surface area contributed by atoms with Crippen molar-refractivity contribution in [3.8, 4) is 11.1 Å². The van der Waals surface area contributed by atoms with Crippen molar-refractivity contribution in [3.63, 3.8) is 0 Å². The second-order valence-corrected chi connectivity index (χ2v) is 8.06. The molecule has 0 bridgehead atoms. The topological polar surface area (TPSA) is 209 Å². The fraction of sp³-hybridized carbons (Fsp3) is 0.250. The van der Waals surface area contributed by atoms with Gasteiger partial charge in [-0.3, -0.25) is 4.31 Å². The van der Waals surface area contributed by atoms with Crippen molar-refractivity contribution in [2.24, 2.45) is 28.3 Å². The quantitative estimate of drug-likeness (QED) is 0.0428. The Bertz CT molecular complexity index is 894. The molecule has 1 unspecified atom stereocenters. The average molecular weight is 455 g/mol. The van der Waals surface area contributed by atoms with Crippen molar-refractivity contribution in [2.45, 2.75) is 11.3 Å². The molecule has 1 aromatic carbocycles. The number of aromatic nitrogens is 1. The molecular weight excluding hydrogens is 428 g/mol. The van der Waals surface area contributed by atoms with Crippen molar-refractivity contribution >= 4 is 40.6 Å². The third kappa shape index (κ3) is 5.79. The van der Waals surface area contributed by atoms with Crippen molar-refractivity contribution in [2.75, 3.05) is 30.2 Å². The Morgan fingerprint density at radius 3 is 2.73 bits per heavy atom. The SMILES string of the molecule is CN(SON)c1c(S(=O)NCCCN)ccc(-c2ccc(N)nc2)c1/C(N)=N/NN. The Morgan fingerprint density at radius 1 is 1.37 bits per heavy atom. The third-order valence-corrected chi connectivity index (χ3v) is 5.65. The number of nitrogens with zero attached hydrogens (tertiary/aromatic N) is 3. The zero-order valence-corrected chi connectivity index (χ0v) is 18.0. The van der Waals surface area contributed by atoms with Crippen molar-refractivity contribution in [3.05, 3.63) is 36.0 Å². The maximum atomic E-state index is 13.0. The molecule has 0 aliphatic rings. The number of hydrogen-bond donors (Lipinski definition) is 7. The van der Waals surface area contributed by atoms with Crippen LogP contribution in [0.2, 0.25) is 0 Å². The monoisotopic (exact) mass is 454 g/mol. The molecule has 1 heterocycles. The van der Waals surface area contributed by atoms with Crippen LogP contribution in [-0.2, 0) is 15.3 Å². The molecule has 1 atom stereocenters. The van der Waals surface area contributed by atoms with Crippen LogP contribution >= 0.6 is 12.2 Å². The van der Waals surface area contributed by atoms with Crippen LogP contribution in [0.3, 0.4) is 0 Å². The van der Waals surface area contributed by atoms with E-state index in [0.717, 1.165) is 17.8 Å². The lowest BCUT2D eigenvalue weighted by molar-refractivity contribution is 0.397. The van der Waals surface area contributed by atoms with Crippen molar-refractivity contribution < 1.29 is 8.49 Å². The predicted molar refractivity (Wildman–Crippen MR) is 121 cm³/mol. The summed E-state index contributed by atoms with van der Waals surface area (Å²) in [6, 6.07) is 6.93. The second kappa shape index (κ2) is 11.7. The number of hydrogen-bond acceptors (Lipinski definition) is 11. The molecule has 0 saturated heterocycles. The fourth-order valence-electron chi connectivity index (χ4n) is 2.67. The van der Waals surface area contributed by atoms with Crippen LogP contribution in [0.5, 0.6) is 0 Å². The summed E-state index contributed by atoms with van der Waals surface area (Å²) < 4.78 is 22.2. The van der Waals surface area contributed by atoms with Gasteiger partial charge in [0.25, 0.3) is 0 Å². The summed E-state index contributed by atoms with van der Waals surface area (Å²) in [5, 5.41) is 3.91. The summed E-state index contributed by atoms with van der Waals surface area (Å²) in [6.07, 6.45) is 2.27.